The molecule has 0 radical (unpaired) electrons. The van der Waals surface area contributed by atoms with Gasteiger partial charge in [-0.2, -0.15) is 0 Å². The van der Waals surface area contributed by atoms with Crippen molar-refractivity contribution in [2.75, 3.05) is 6.61 Å². The standard InChI is InChI=1S/C8H5Cl4NOS2/c1-2-14-8(15)16-5-3(9)6(11)13-7(12)4(5)10/h2H2,1H3. The summed E-state index contributed by atoms with van der Waals surface area (Å²) in [5.41, 5.74) is 0. The van der Waals surface area contributed by atoms with E-state index < -0.39 is 0 Å². The Morgan fingerprint density at radius 3 is 2.19 bits per heavy atom. The van der Waals surface area contributed by atoms with Crippen molar-refractivity contribution in [1.29, 1.82) is 0 Å². The van der Waals surface area contributed by atoms with Crippen LogP contribution >= 0.6 is 70.4 Å². The molecule has 0 fully saturated rings. The Labute approximate surface area is 123 Å². The third kappa shape index (κ3) is 3.52. The van der Waals surface area contributed by atoms with Crippen LogP contribution in [0.15, 0.2) is 4.90 Å². The topological polar surface area (TPSA) is 22.1 Å². The van der Waals surface area contributed by atoms with E-state index in [2.05, 4.69) is 4.98 Å². The van der Waals surface area contributed by atoms with Gasteiger partial charge in [-0.25, -0.2) is 4.98 Å². The largest absolute Gasteiger partial charge is 0.479 e. The lowest BCUT2D eigenvalue weighted by molar-refractivity contribution is 0.346. The molecule has 16 heavy (non-hydrogen) atoms. The zero-order valence-corrected chi connectivity index (χ0v) is 12.5. The lowest BCUT2D eigenvalue weighted by Gasteiger charge is -2.09. The normalized spacial score (nSPS) is 10.3. The maximum absolute atomic E-state index is 5.94. The first-order chi connectivity index (χ1) is 7.47. The van der Waals surface area contributed by atoms with Crippen LogP contribution in [0.25, 0.3) is 0 Å². The predicted molar refractivity (Wildman–Crippen MR) is 74.4 cm³/mol. The lowest BCUT2D eigenvalue weighted by Crippen LogP contribution is -1.97. The second-order valence-corrected chi connectivity index (χ2v) is 5.52. The molecule has 8 heteroatoms. The van der Waals surface area contributed by atoms with E-state index in [4.69, 9.17) is 63.4 Å². The van der Waals surface area contributed by atoms with Crippen LogP contribution in [0.1, 0.15) is 6.92 Å². The summed E-state index contributed by atoms with van der Waals surface area (Å²) < 4.78 is 5.40. The highest BCUT2D eigenvalue weighted by atomic mass is 35.5. The highest BCUT2D eigenvalue weighted by Crippen LogP contribution is 2.41. The average molecular weight is 337 g/mol. The van der Waals surface area contributed by atoms with Crippen LogP contribution in [0, 0.1) is 0 Å². The molecule has 0 spiro atoms. The van der Waals surface area contributed by atoms with Gasteiger partial charge in [0.25, 0.3) is 0 Å². The van der Waals surface area contributed by atoms with Gasteiger partial charge in [0, 0.05) is 0 Å². The molecule has 1 aromatic rings. The van der Waals surface area contributed by atoms with Crippen molar-refractivity contribution >= 4 is 74.8 Å². The third-order valence-electron chi connectivity index (χ3n) is 1.40. The summed E-state index contributed by atoms with van der Waals surface area (Å²) in [5, 5.41) is 0.585. The molecule has 0 N–H and O–H groups in total. The van der Waals surface area contributed by atoms with Gasteiger partial charge in [0.2, 0.25) is 4.38 Å². The van der Waals surface area contributed by atoms with E-state index >= 15 is 0 Å². The highest BCUT2D eigenvalue weighted by Gasteiger charge is 2.17. The molecule has 0 bridgehead atoms. The van der Waals surface area contributed by atoms with E-state index in [1.807, 2.05) is 6.92 Å². The van der Waals surface area contributed by atoms with E-state index in [9.17, 15) is 0 Å². The van der Waals surface area contributed by atoms with Gasteiger partial charge in [-0.15, -0.1) is 0 Å². The zero-order valence-electron chi connectivity index (χ0n) is 7.89. The van der Waals surface area contributed by atoms with Gasteiger partial charge in [0.15, 0.2) is 10.3 Å². The molecule has 0 aromatic carbocycles. The zero-order chi connectivity index (χ0) is 12.3. The summed E-state index contributed by atoms with van der Waals surface area (Å²) in [6.45, 7) is 2.29. The molecule has 0 aliphatic heterocycles. The van der Waals surface area contributed by atoms with Gasteiger partial charge >= 0.3 is 0 Å². The van der Waals surface area contributed by atoms with Gasteiger partial charge < -0.3 is 4.74 Å². The van der Waals surface area contributed by atoms with Gasteiger partial charge in [-0.3, -0.25) is 0 Å². The Morgan fingerprint density at radius 2 is 1.75 bits per heavy atom. The number of hydrogen-bond donors (Lipinski definition) is 0. The summed E-state index contributed by atoms with van der Waals surface area (Å²) in [6.07, 6.45) is 0. The van der Waals surface area contributed by atoms with Crippen molar-refractivity contribution in [3.63, 3.8) is 0 Å². The first-order valence-corrected chi connectivity index (χ1v) is 6.75. The van der Waals surface area contributed by atoms with Crippen molar-refractivity contribution < 1.29 is 4.74 Å². The number of rotatable bonds is 2. The highest BCUT2D eigenvalue weighted by molar-refractivity contribution is 8.22. The van der Waals surface area contributed by atoms with Crippen LogP contribution in [0.5, 0.6) is 0 Å². The van der Waals surface area contributed by atoms with Crippen LogP contribution in [0.2, 0.25) is 20.4 Å². The maximum atomic E-state index is 5.94. The molecular formula is C8H5Cl4NOS2. The maximum Gasteiger partial charge on any atom is 0.224 e. The Morgan fingerprint density at radius 1 is 1.25 bits per heavy atom. The van der Waals surface area contributed by atoms with Gasteiger partial charge in [-0.1, -0.05) is 46.4 Å². The fraction of sp³-hybridized carbons (Fsp3) is 0.250. The summed E-state index contributed by atoms with van der Waals surface area (Å²) >= 11 is 29.5. The van der Waals surface area contributed by atoms with Crippen LogP contribution < -0.4 is 0 Å². The molecule has 0 atom stereocenters. The molecule has 0 unspecified atom stereocenters. The summed E-state index contributed by atoms with van der Waals surface area (Å²) in [5.74, 6) is 0. The molecule has 0 saturated heterocycles. The molecule has 0 amide bonds. The minimum atomic E-state index is 0.0814. The smallest absolute Gasteiger partial charge is 0.224 e. The van der Waals surface area contributed by atoms with Crippen molar-refractivity contribution in [1.82, 2.24) is 4.98 Å². The van der Waals surface area contributed by atoms with Gasteiger partial charge in [0.05, 0.1) is 21.5 Å². The molecule has 0 aliphatic carbocycles. The SMILES string of the molecule is CCOC(=S)Sc1c(Cl)c(Cl)nc(Cl)c1Cl. The number of thioether (sulfide) groups is 1. The number of nitrogens with zero attached hydrogens (tertiary/aromatic N) is 1. The van der Waals surface area contributed by atoms with Gasteiger partial charge in [-0.05, 0) is 30.9 Å². The van der Waals surface area contributed by atoms with Crippen molar-refractivity contribution in [2.24, 2.45) is 0 Å². The van der Waals surface area contributed by atoms with E-state index in [1.165, 1.54) is 0 Å². The van der Waals surface area contributed by atoms with Crippen molar-refractivity contribution in [2.45, 2.75) is 11.8 Å². The summed E-state index contributed by atoms with van der Waals surface area (Å²) in [4.78, 5) is 4.21. The molecule has 1 rings (SSSR count). The molecule has 2 nitrogen and oxygen atoms in total. The minimum absolute atomic E-state index is 0.0814. The molecule has 0 aliphatic rings. The monoisotopic (exact) mass is 335 g/mol. The summed E-state index contributed by atoms with van der Waals surface area (Å²) in [7, 11) is 0. The predicted octanol–water partition coefficient (Wildman–Crippen LogP) is 5.11. The van der Waals surface area contributed by atoms with Crippen LogP contribution in [-0.2, 0) is 4.74 Å². The minimum Gasteiger partial charge on any atom is -0.479 e. The Kier molecular flexibility index (Phi) is 5.91. The molecule has 0 saturated carbocycles. The number of thiocarbonyl (C=S) groups is 1. The fourth-order valence-electron chi connectivity index (χ4n) is 0.788. The Bertz CT molecular complexity index is 401. The van der Waals surface area contributed by atoms with Crippen LogP contribution in [0.4, 0.5) is 0 Å². The first kappa shape index (κ1) is 14.6. The van der Waals surface area contributed by atoms with E-state index in [0.29, 0.717) is 15.9 Å². The summed E-state index contributed by atoms with van der Waals surface area (Å²) in [6, 6.07) is 0. The molecular weight excluding hydrogens is 332 g/mol. The molecule has 1 aromatic heterocycles. The second kappa shape index (κ2) is 6.47. The van der Waals surface area contributed by atoms with Gasteiger partial charge in [0.1, 0.15) is 0 Å². The van der Waals surface area contributed by atoms with Crippen LogP contribution in [0.3, 0.4) is 0 Å². The average Bonchev–Trinajstić information content (AvgIpc) is 2.22. The number of pyridine rings is 1. The fourth-order valence-corrected chi connectivity index (χ4v) is 2.94. The van der Waals surface area contributed by atoms with Crippen LogP contribution in [-0.4, -0.2) is 16.0 Å². The third-order valence-corrected chi connectivity index (χ3v) is 4.37. The molecule has 88 valence electrons. The number of hydrogen-bond acceptors (Lipinski definition) is 4. The number of ether oxygens (including phenoxy) is 1. The Hall–Kier alpha value is 0.550. The Balaban J connectivity index is 3.07. The number of aromatic nitrogens is 1. The van der Waals surface area contributed by atoms with E-state index in [0.717, 1.165) is 11.8 Å². The lowest BCUT2D eigenvalue weighted by atomic mass is 10.5. The quantitative estimate of drug-likeness (QED) is 0.425. The second-order valence-electron chi connectivity index (χ2n) is 2.44. The van der Waals surface area contributed by atoms with E-state index in [1.54, 1.807) is 0 Å². The molecule has 1 heterocycles. The van der Waals surface area contributed by atoms with E-state index in [-0.39, 0.29) is 20.4 Å². The van der Waals surface area contributed by atoms with Crippen molar-refractivity contribution in [3.8, 4) is 0 Å². The number of halogens is 4. The first-order valence-electron chi connectivity index (χ1n) is 4.02. The van der Waals surface area contributed by atoms with Crippen molar-refractivity contribution in [3.05, 3.63) is 20.4 Å².